The van der Waals surface area contributed by atoms with Crippen molar-refractivity contribution in [3.05, 3.63) is 68.4 Å². The molecule has 28 heavy (non-hydrogen) atoms. The average Bonchev–Trinajstić information content (AvgIpc) is 3.30. The number of carbonyl (C=O) groups is 1. The Hall–Kier alpha value is -2.97. The Morgan fingerprint density at radius 1 is 1.29 bits per heavy atom. The van der Waals surface area contributed by atoms with E-state index >= 15 is 0 Å². The smallest absolute Gasteiger partial charge is 0.342 e. The molecule has 0 aliphatic rings. The lowest BCUT2D eigenvalue weighted by molar-refractivity contribution is 0.0317. The molecule has 2 N–H and O–H groups in total. The maximum atomic E-state index is 12.7. The van der Waals surface area contributed by atoms with E-state index in [1.54, 1.807) is 24.3 Å². The second kappa shape index (κ2) is 7.21. The zero-order chi connectivity index (χ0) is 19.8. The fourth-order valence-corrected chi connectivity index (χ4v) is 4.63. The maximum absolute atomic E-state index is 12.7. The molecule has 142 valence electrons. The number of benzene rings is 1. The van der Waals surface area contributed by atoms with Gasteiger partial charge in [0.05, 0.1) is 5.39 Å². The van der Waals surface area contributed by atoms with E-state index in [1.807, 2.05) is 29.8 Å². The van der Waals surface area contributed by atoms with Gasteiger partial charge in [0.1, 0.15) is 16.1 Å². The lowest BCUT2D eigenvalue weighted by Gasteiger charge is -2.13. The molecule has 0 aliphatic carbocycles. The molecule has 6 nitrogen and oxygen atoms in total. The van der Waals surface area contributed by atoms with Crippen LogP contribution in [0, 0.1) is 6.92 Å². The van der Waals surface area contributed by atoms with Crippen LogP contribution in [0.5, 0.6) is 5.75 Å². The minimum Gasteiger partial charge on any atom is -0.507 e. The summed E-state index contributed by atoms with van der Waals surface area (Å²) < 4.78 is 5.40. The van der Waals surface area contributed by atoms with Gasteiger partial charge in [-0.1, -0.05) is 12.1 Å². The van der Waals surface area contributed by atoms with Gasteiger partial charge in [0.2, 0.25) is 0 Å². The summed E-state index contributed by atoms with van der Waals surface area (Å²) in [7, 11) is 0. The number of carbonyl (C=O) groups excluding carboxylic acids is 1. The van der Waals surface area contributed by atoms with Crippen LogP contribution >= 0.6 is 22.7 Å². The first-order valence-electron chi connectivity index (χ1n) is 8.50. The molecule has 3 heterocycles. The molecule has 0 aliphatic heterocycles. The van der Waals surface area contributed by atoms with Crippen LogP contribution in [0.3, 0.4) is 0 Å². The third-order valence-electron chi connectivity index (χ3n) is 4.29. The average molecular weight is 412 g/mol. The number of H-pyrrole nitrogens is 1. The molecular weight excluding hydrogens is 396 g/mol. The summed E-state index contributed by atoms with van der Waals surface area (Å²) in [4.78, 5) is 33.8. The Labute approximate surface area is 168 Å². The molecule has 0 spiro atoms. The number of ether oxygens (including phenoxy) is 1. The fraction of sp³-hybridized carbons (Fsp3) is 0.150. The third kappa shape index (κ3) is 3.32. The van der Waals surface area contributed by atoms with E-state index in [-0.39, 0.29) is 22.7 Å². The third-order valence-corrected chi connectivity index (χ3v) is 6.07. The first-order chi connectivity index (χ1) is 13.4. The molecule has 0 saturated heterocycles. The first kappa shape index (κ1) is 18.4. The maximum Gasteiger partial charge on any atom is 0.342 e. The second-order valence-electron chi connectivity index (χ2n) is 6.33. The van der Waals surface area contributed by atoms with Gasteiger partial charge < -0.3 is 14.8 Å². The van der Waals surface area contributed by atoms with Gasteiger partial charge in [-0.3, -0.25) is 4.79 Å². The monoisotopic (exact) mass is 412 g/mol. The zero-order valence-electron chi connectivity index (χ0n) is 15.1. The number of aromatic nitrogens is 2. The first-order valence-corrected chi connectivity index (χ1v) is 10.3. The zero-order valence-corrected chi connectivity index (χ0v) is 16.7. The summed E-state index contributed by atoms with van der Waals surface area (Å²) in [5.74, 6) is -0.566. The van der Waals surface area contributed by atoms with Gasteiger partial charge in [-0.05, 0) is 43.0 Å². The summed E-state index contributed by atoms with van der Waals surface area (Å²) in [6.07, 6.45) is -0.780. The number of esters is 1. The number of nitrogens with one attached hydrogen (secondary N) is 1. The molecular formula is C20H16N2O4S2. The summed E-state index contributed by atoms with van der Waals surface area (Å²) in [5.41, 5.74) is 1.48. The summed E-state index contributed by atoms with van der Waals surface area (Å²) >= 11 is 2.93. The number of thiophene rings is 2. The number of aromatic amines is 1. The Morgan fingerprint density at radius 2 is 2.11 bits per heavy atom. The Bertz CT molecular complexity index is 1220. The Balaban J connectivity index is 1.64. The van der Waals surface area contributed by atoms with Crippen LogP contribution in [0.1, 0.15) is 34.8 Å². The van der Waals surface area contributed by atoms with E-state index in [2.05, 4.69) is 9.97 Å². The van der Waals surface area contributed by atoms with Crippen LogP contribution in [0.4, 0.5) is 0 Å². The summed E-state index contributed by atoms with van der Waals surface area (Å²) in [6.45, 7) is 3.44. The van der Waals surface area contributed by atoms with Gasteiger partial charge in [-0.25, -0.2) is 9.78 Å². The van der Waals surface area contributed by atoms with E-state index in [4.69, 9.17) is 4.74 Å². The number of hydrogen-bond acceptors (Lipinski definition) is 7. The highest BCUT2D eigenvalue weighted by Gasteiger charge is 2.21. The standard InChI is InChI=1S/C20H16N2O4S2/c1-10-5-6-12(14(23)8-10)20(25)26-11(2)17-21-18(24)16-13(9-28-19(16)22-17)15-4-3-7-27-15/h3-9,11,23H,1-2H3,(H,21,22,24)/t11-/m0/s1. The van der Waals surface area contributed by atoms with Gasteiger partial charge in [0, 0.05) is 15.8 Å². The normalized spacial score (nSPS) is 12.2. The van der Waals surface area contributed by atoms with Crippen LogP contribution in [0.15, 0.2) is 45.9 Å². The Kier molecular flexibility index (Phi) is 4.74. The van der Waals surface area contributed by atoms with Gasteiger partial charge in [-0.15, -0.1) is 22.7 Å². The van der Waals surface area contributed by atoms with E-state index in [1.165, 1.54) is 23.5 Å². The lowest BCUT2D eigenvalue weighted by atomic mass is 10.1. The predicted molar refractivity (Wildman–Crippen MR) is 110 cm³/mol. The molecule has 3 aromatic heterocycles. The number of hydrogen-bond donors (Lipinski definition) is 2. The predicted octanol–water partition coefficient (Wildman–Crippen LogP) is 4.65. The van der Waals surface area contributed by atoms with Crippen LogP contribution in [-0.2, 0) is 4.74 Å². The van der Waals surface area contributed by atoms with Crippen LogP contribution < -0.4 is 5.56 Å². The molecule has 4 aromatic rings. The van der Waals surface area contributed by atoms with Crippen LogP contribution in [0.25, 0.3) is 20.7 Å². The molecule has 0 saturated carbocycles. The fourth-order valence-electron chi connectivity index (χ4n) is 2.87. The van der Waals surface area contributed by atoms with Gasteiger partial charge >= 0.3 is 5.97 Å². The summed E-state index contributed by atoms with van der Waals surface area (Å²) in [6, 6.07) is 8.60. The van der Waals surface area contributed by atoms with Crippen molar-refractivity contribution in [2.24, 2.45) is 0 Å². The van der Waals surface area contributed by atoms with Crippen LogP contribution in [-0.4, -0.2) is 21.0 Å². The molecule has 1 aromatic carbocycles. The summed E-state index contributed by atoms with van der Waals surface area (Å²) in [5, 5.41) is 14.3. The highest BCUT2D eigenvalue weighted by molar-refractivity contribution is 7.18. The van der Waals surface area contributed by atoms with Gasteiger partial charge in [0.25, 0.3) is 5.56 Å². The minimum absolute atomic E-state index is 0.0666. The largest absolute Gasteiger partial charge is 0.507 e. The van der Waals surface area contributed by atoms with Crippen molar-refractivity contribution in [3.8, 4) is 16.2 Å². The van der Waals surface area contributed by atoms with Crippen molar-refractivity contribution in [1.82, 2.24) is 9.97 Å². The number of nitrogens with zero attached hydrogens (tertiary/aromatic N) is 1. The molecule has 4 rings (SSSR count). The number of aromatic hydroxyl groups is 1. The van der Waals surface area contributed by atoms with Gasteiger partial charge in [0.15, 0.2) is 11.9 Å². The molecule has 8 heteroatoms. The second-order valence-corrected chi connectivity index (χ2v) is 8.13. The van der Waals surface area contributed by atoms with Crippen molar-refractivity contribution in [2.75, 3.05) is 0 Å². The minimum atomic E-state index is -0.780. The molecule has 0 bridgehead atoms. The molecule has 0 unspecified atom stereocenters. The van der Waals surface area contributed by atoms with Crippen LogP contribution in [0.2, 0.25) is 0 Å². The lowest BCUT2D eigenvalue weighted by Crippen LogP contribution is -2.17. The van der Waals surface area contributed by atoms with Crippen molar-refractivity contribution in [3.63, 3.8) is 0 Å². The van der Waals surface area contributed by atoms with E-state index < -0.39 is 12.1 Å². The number of phenolic OH excluding ortho intramolecular Hbond substituents is 1. The van der Waals surface area contributed by atoms with E-state index in [0.717, 1.165) is 16.0 Å². The highest BCUT2D eigenvalue weighted by Crippen LogP contribution is 2.34. The quantitative estimate of drug-likeness (QED) is 0.476. The van der Waals surface area contributed by atoms with Crippen molar-refractivity contribution in [1.29, 1.82) is 0 Å². The van der Waals surface area contributed by atoms with Crippen molar-refractivity contribution < 1.29 is 14.6 Å². The molecule has 0 amide bonds. The number of aryl methyl sites for hydroxylation is 1. The number of fused-ring (bicyclic) bond motifs is 1. The SMILES string of the molecule is Cc1ccc(C(=O)O[C@@H](C)c2nc3scc(-c4cccs4)c3c(=O)[nH]2)c(O)c1. The molecule has 1 atom stereocenters. The molecule has 0 radical (unpaired) electrons. The van der Waals surface area contributed by atoms with Gasteiger partial charge in [-0.2, -0.15) is 0 Å². The highest BCUT2D eigenvalue weighted by atomic mass is 32.1. The Morgan fingerprint density at radius 3 is 2.82 bits per heavy atom. The van der Waals surface area contributed by atoms with E-state index in [9.17, 15) is 14.7 Å². The van der Waals surface area contributed by atoms with Crippen molar-refractivity contribution >= 4 is 38.9 Å². The van der Waals surface area contributed by atoms with Crippen molar-refractivity contribution in [2.45, 2.75) is 20.0 Å². The molecule has 0 fully saturated rings. The number of rotatable bonds is 4. The van der Waals surface area contributed by atoms with E-state index in [0.29, 0.717) is 10.2 Å². The number of phenols is 1. The topological polar surface area (TPSA) is 92.3 Å².